The molecule has 0 aliphatic heterocycles. The van der Waals surface area contributed by atoms with Crippen molar-refractivity contribution in [2.45, 2.75) is 18.8 Å². The minimum absolute atomic E-state index is 0.0467. The molecule has 0 saturated heterocycles. The van der Waals surface area contributed by atoms with Crippen LogP contribution in [0.1, 0.15) is 23.0 Å². The summed E-state index contributed by atoms with van der Waals surface area (Å²) in [6.45, 7) is -0.761. The average molecular weight is 502 g/mol. The molecule has 0 fully saturated rings. The van der Waals surface area contributed by atoms with Crippen LogP contribution < -0.4 is 10.8 Å². The second kappa shape index (κ2) is 11.0. The van der Waals surface area contributed by atoms with Gasteiger partial charge in [0.15, 0.2) is 11.5 Å². The molecule has 3 aromatic rings. The molecule has 14 heteroatoms. The van der Waals surface area contributed by atoms with Gasteiger partial charge in [0.05, 0.1) is 16.8 Å². The number of esters is 1. The van der Waals surface area contributed by atoms with Gasteiger partial charge in [0.2, 0.25) is 0 Å². The SMILES string of the molecule is O=C(OC[C@H](NCc1nonc1C(=Nc1ccc(F)c(Cl)c1)NO)c1ccccc1)C(F)(F)F. The molecule has 1 aromatic heterocycles. The van der Waals surface area contributed by atoms with Gasteiger partial charge in [-0.15, -0.1) is 0 Å². The predicted octanol–water partition coefficient (Wildman–Crippen LogP) is 3.86. The summed E-state index contributed by atoms with van der Waals surface area (Å²) in [5.41, 5.74) is 2.60. The number of hydroxylamine groups is 1. The third-order valence-corrected chi connectivity index (χ3v) is 4.65. The lowest BCUT2D eigenvalue weighted by Gasteiger charge is -2.19. The molecule has 0 bridgehead atoms. The number of nitrogens with one attached hydrogen (secondary N) is 2. The lowest BCUT2D eigenvalue weighted by molar-refractivity contribution is -0.200. The van der Waals surface area contributed by atoms with Gasteiger partial charge in [-0.1, -0.05) is 47.1 Å². The van der Waals surface area contributed by atoms with Crippen molar-refractivity contribution >= 4 is 29.1 Å². The van der Waals surface area contributed by atoms with Crippen molar-refractivity contribution in [1.82, 2.24) is 21.1 Å². The van der Waals surface area contributed by atoms with E-state index in [0.29, 0.717) is 5.56 Å². The highest BCUT2D eigenvalue weighted by Crippen LogP contribution is 2.23. The monoisotopic (exact) mass is 501 g/mol. The second-order valence-corrected chi connectivity index (χ2v) is 7.08. The number of hydrogen-bond donors (Lipinski definition) is 3. The zero-order valence-corrected chi connectivity index (χ0v) is 17.8. The Morgan fingerprint density at radius 3 is 2.59 bits per heavy atom. The molecule has 0 radical (unpaired) electrons. The van der Waals surface area contributed by atoms with Crippen LogP contribution >= 0.6 is 11.6 Å². The van der Waals surface area contributed by atoms with E-state index in [4.69, 9.17) is 16.2 Å². The Morgan fingerprint density at radius 2 is 1.94 bits per heavy atom. The van der Waals surface area contributed by atoms with Crippen molar-refractivity contribution in [3.63, 3.8) is 0 Å². The van der Waals surface area contributed by atoms with Gasteiger partial charge in [-0.2, -0.15) is 13.2 Å². The molecule has 2 aromatic carbocycles. The Kier molecular flexibility index (Phi) is 8.15. The smallest absolute Gasteiger partial charge is 0.457 e. The third kappa shape index (κ3) is 6.50. The molecule has 0 spiro atoms. The molecule has 0 aliphatic carbocycles. The van der Waals surface area contributed by atoms with Crippen molar-refractivity contribution in [3.05, 3.63) is 76.3 Å². The molecule has 3 rings (SSSR count). The van der Waals surface area contributed by atoms with E-state index in [9.17, 15) is 27.6 Å². The van der Waals surface area contributed by atoms with Crippen LogP contribution in [0.4, 0.5) is 23.2 Å². The zero-order valence-electron chi connectivity index (χ0n) is 17.0. The molecule has 1 atom stereocenters. The molecule has 0 aliphatic rings. The van der Waals surface area contributed by atoms with E-state index in [1.807, 2.05) is 5.48 Å². The quantitative estimate of drug-likeness (QED) is 0.140. The van der Waals surface area contributed by atoms with E-state index in [1.54, 1.807) is 30.3 Å². The van der Waals surface area contributed by atoms with Gasteiger partial charge < -0.3 is 10.1 Å². The molecule has 34 heavy (non-hydrogen) atoms. The first-order chi connectivity index (χ1) is 16.2. The van der Waals surface area contributed by atoms with Crippen LogP contribution in [-0.2, 0) is 16.1 Å². The number of nitrogens with zero attached hydrogens (tertiary/aromatic N) is 3. The summed E-state index contributed by atoms with van der Waals surface area (Å²) in [6.07, 6.45) is -5.13. The summed E-state index contributed by atoms with van der Waals surface area (Å²) < 4.78 is 60.0. The highest BCUT2D eigenvalue weighted by Gasteiger charge is 2.41. The van der Waals surface area contributed by atoms with Gasteiger partial charge in [-0.3, -0.25) is 10.7 Å². The molecule has 0 saturated carbocycles. The molecule has 180 valence electrons. The van der Waals surface area contributed by atoms with Crippen molar-refractivity contribution in [1.29, 1.82) is 0 Å². The Morgan fingerprint density at radius 1 is 1.21 bits per heavy atom. The van der Waals surface area contributed by atoms with Gasteiger partial charge >= 0.3 is 12.1 Å². The first-order valence-electron chi connectivity index (χ1n) is 9.47. The number of amidine groups is 1. The van der Waals surface area contributed by atoms with E-state index in [2.05, 4.69) is 25.4 Å². The summed E-state index contributed by atoms with van der Waals surface area (Å²) in [6, 6.07) is 11.0. The highest BCUT2D eigenvalue weighted by molar-refractivity contribution is 6.31. The van der Waals surface area contributed by atoms with Crippen molar-refractivity contribution < 1.29 is 36.9 Å². The van der Waals surface area contributed by atoms with Crippen molar-refractivity contribution in [2.24, 2.45) is 4.99 Å². The summed E-state index contributed by atoms with van der Waals surface area (Å²) in [7, 11) is 0. The first kappa shape index (κ1) is 25.1. The van der Waals surface area contributed by atoms with E-state index in [1.165, 1.54) is 12.1 Å². The van der Waals surface area contributed by atoms with Crippen LogP contribution in [0.2, 0.25) is 5.02 Å². The molecule has 0 amide bonds. The van der Waals surface area contributed by atoms with Gasteiger partial charge in [-0.05, 0) is 28.9 Å². The maximum atomic E-state index is 13.4. The Bertz CT molecular complexity index is 1160. The molecule has 0 unspecified atom stereocenters. The van der Waals surface area contributed by atoms with Crippen molar-refractivity contribution in [3.8, 4) is 0 Å². The lowest BCUT2D eigenvalue weighted by atomic mass is 10.1. The summed E-state index contributed by atoms with van der Waals surface area (Å²) in [5.74, 6) is -3.21. The van der Waals surface area contributed by atoms with Crippen LogP contribution in [0.5, 0.6) is 0 Å². The van der Waals surface area contributed by atoms with E-state index in [0.717, 1.165) is 6.07 Å². The second-order valence-electron chi connectivity index (χ2n) is 6.67. The van der Waals surface area contributed by atoms with Crippen LogP contribution in [0, 0.1) is 5.82 Å². The standard InChI is InChI=1S/C20H16ClF4N5O4/c21-13-8-12(6-7-14(13)22)27-18(28-32)17-15(29-34-30-17)9-26-16(11-4-2-1-3-5-11)10-33-19(31)20(23,24)25/h1-8,16,26,32H,9-10H2,(H,27,28)/t16-/m0/s1. The number of carbonyl (C=O) groups excluding carboxylic acids is 1. The molecular weight excluding hydrogens is 486 g/mol. The molecule has 1 heterocycles. The van der Waals surface area contributed by atoms with Gasteiger partial charge in [0, 0.05) is 6.54 Å². The van der Waals surface area contributed by atoms with E-state index >= 15 is 0 Å². The minimum Gasteiger partial charge on any atom is -0.457 e. The number of alkyl halides is 3. The predicted molar refractivity (Wildman–Crippen MR) is 110 cm³/mol. The van der Waals surface area contributed by atoms with Gasteiger partial charge in [0.25, 0.3) is 0 Å². The molecular formula is C20H16ClF4N5O4. The minimum atomic E-state index is -5.13. The van der Waals surface area contributed by atoms with Gasteiger partial charge in [0.1, 0.15) is 18.1 Å². The number of benzene rings is 2. The van der Waals surface area contributed by atoms with E-state index in [-0.39, 0.29) is 34.5 Å². The molecule has 3 N–H and O–H groups in total. The topological polar surface area (TPSA) is 122 Å². The molecule has 9 nitrogen and oxygen atoms in total. The number of halogens is 5. The Hall–Kier alpha value is -3.55. The Labute approximate surface area is 194 Å². The van der Waals surface area contributed by atoms with Crippen LogP contribution in [0.3, 0.4) is 0 Å². The Balaban J connectivity index is 1.78. The maximum absolute atomic E-state index is 13.4. The number of hydrogen-bond acceptors (Lipinski definition) is 8. The fourth-order valence-electron chi connectivity index (χ4n) is 2.74. The average Bonchev–Trinajstić information content (AvgIpc) is 3.28. The highest BCUT2D eigenvalue weighted by atomic mass is 35.5. The number of ether oxygens (including phenoxy) is 1. The number of aromatic nitrogens is 2. The fourth-order valence-corrected chi connectivity index (χ4v) is 2.91. The normalized spacial score (nSPS) is 12.9. The fraction of sp³-hybridized carbons (Fsp3) is 0.200. The number of carbonyl (C=O) groups is 1. The maximum Gasteiger partial charge on any atom is 0.490 e. The van der Waals surface area contributed by atoms with E-state index < -0.39 is 30.6 Å². The van der Waals surface area contributed by atoms with Crippen molar-refractivity contribution in [2.75, 3.05) is 6.61 Å². The lowest BCUT2D eigenvalue weighted by Crippen LogP contribution is -2.32. The number of aliphatic imine (C=N–C) groups is 1. The van der Waals surface area contributed by atoms with Crippen LogP contribution in [0.15, 0.2) is 58.2 Å². The van der Waals surface area contributed by atoms with Crippen LogP contribution in [-0.4, -0.2) is 40.1 Å². The first-order valence-corrected chi connectivity index (χ1v) is 9.84. The largest absolute Gasteiger partial charge is 0.490 e. The third-order valence-electron chi connectivity index (χ3n) is 4.36. The van der Waals surface area contributed by atoms with Crippen LogP contribution in [0.25, 0.3) is 0 Å². The summed E-state index contributed by atoms with van der Waals surface area (Å²) in [5, 5.41) is 19.6. The van der Waals surface area contributed by atoms with Gasteiger partial charge in [-0.25, -0.2) is 18.8 Å². The zero-order chi connectivity index (χ0) is 24.7. The summed E-state index contributed by atoms with van der Waals surface area (Å²) in [4.78, 5) is 15.2. The number of rotatable bonds is 8. The summed E-state index contributed by atoms with van der Waals surface area (Å²) >= 11 is 5.73.